The topological polar surface area (TPSA) is 93.7 Å². The Morgan fingerprint density at radius 2 is 1.39 bits per heavy atom. The van der Waals surface area contributed by atoms with Crippen LogP contribution < -0.4 is 10.6 Å². The van der Waals surface area contributed by atoms with E-state index in [9.17, 15) is 14.4 Å². The molecule has 0 fully saturated rings. The second kappa shape index (κ2) is 11.7. The number of hydrogen-bond donors (Lipinski definition) is 2. The summed E-state index contributed by atoms with van der Waals surface area (Å²) in [6.45, 7) is 21.8. The van der Waals surface area contributed by atoms with Crippen LogP contribution in [0.25, 0.3) is 0 Å². The first kappa shape index (κ1) is 29.2. The molecule has 0 aliphatic rings. The number of halogens is 1. The van der Waals surface area contributed by atoms with Gasteiger partial charge in [0.25, 0.3) is 0 Å². The molecule has 31 heavy (non-hydrogen) atoms. The fraction of sp³-hybridized carbons (Fsp3) is 0.783. The number of carbonyl (C=O) groups is 3. The Balaban J connectivity index is 5.73. The molecule has 0 heterocycles. The molecule has 2 N–H and O–H groups in total. The van der Waals surface area contributed by atoms with Crippen LogP contribution in [0.15, 0.2) is 12.2 Å². The highest BCUT2D eigenvalue weighted by atomic mass is 35.5. The van der Waals surface area contributed by atoms with Crippen LogP contribution in [0, 0.1) is 11.8 Å². The summed E-state index contributed by atoms with van der Waals surface area (Å²) in [4.78, 5) is 38.3. The quantitative estimate of drug-likeness (QED) is 0.298. The molecular weight excluding hydrogens is 420 g/mol. The van der Waals surface area contributed by atoms with Crippen molar-refractivity contribution >= 4 is 29.6 Å². The van der Waals surface area contributed by atoms with Gasteiger partial charge >= 0.3 is 12.1 Å². The minimum Gasteiger partial charge on any atom is -0.458 e. The Bertz CT molecular complexity index is 647. The third-order valence-electron chi connectivity index (χ3n) is 4.27. The van der Waals surface area contributed by atoms with Crippen LogP contribution in [0.1, 0.15) is 75.7 Å². The van der Waals surface area contributed by atoms with Crippen LogP contribution in [-0.2, 0) is 19.1 Å². The van der Waals surface area contributed by atoms with Crippen molar-refractivity contribution in [1.82, 2.24) is 10.6 Å². The lowest BCUT2D eigenvalue weighted by Gasteiger charge is -2.31. The maximum Gasteiger partial charge on any atom is 0.408 e. The second-order valence-corrected chi connectivity index (χ2v) is 11.0. The number of amides is 2. The molecule has 0 spiro atoms. The summed E-state index contributed by atoms with van der Waals surface area (Å²) >= 11 is 6.16. The van der Waals surface area contributed by atoms with E-state index in [2.05, 4.69) is 17.2 Å². The Morgan fingerprint density at radius 3 is 1.77 bits per heavy atom. The number of hydrogen-bond acceptors (Lipinski definition) is 5. The number of alkyl carbamates (subject to hydrolysis) is 1. The van der Waals surface area contributed by atoms with Crippen LogP contribution in [0.5, 0.6) is 0 Å². The van der Waals surface area contributed by atoms with Crippen molar-refractivity contribution in [3.63, 3.8) is 0 Å². The lowest BCUT2D eigenvalue weighted by atomic mass is 9.91. The lowest BCUT2D eigenvalue weighted by molar-refractivity contribution is -0.159. The number of alkyl halides is 1. The molecule has 0 aromatic heterocycles. The third kappa shape index (κ3) is 12.0. The van der Waals surface area contributed by atoms with Crippen LogP contribution in [0.4, 0.5) is 4.79 Å². The monoisotopic (exact) mass is 460 g/mol. The van der Waals surface area contributed by atoms with Gasteiger partial charge in [-0.25, -0.2) is 9.59 Å². The molecule has 0 aliphatic heterocycles. The van der Waals surface area contributed by atoms with Gasteiger partial charge in [-0.15, -0.1) is 11.6 Å². The zero-order chi connectivity index (χ0) is 24.7. The summed E-state index contributed by atoms with van der Waals surface area (Å²) in [5.41, 5.74) is -0.849. The molecule has 0 aromatic carbocycles. The van der Waals surface area contributed by atoms with Gasteiger partial charge in [0.15, 0.2) is 0 Å². The van der Waals surface area contributed by atoms with Gasteiger partial charge in [-0.2, -0.15) is 0 Å². The van der Waals surface area contributed by atoms with Crippen LogP contribution in [-0.4, -0.2) is 46.6 Å². The van der Waals surface area contributed by atoms with E-state index >= 15 is 0 Å². The van der Waals surface area contributed by atoms with Crippen molar-refractivity contribution < 1.29 is 23.9 Å². The molecule has 0 saturated heterocycles. The normalized spacial score (nSPS) is 16.0. The fourth-order valence-electron chi connectivity index (χ4n) is 2.75. The summed E-state index contributed by atoms with van der Waals surface area (Å²) in [6, 6.07) is -1.88. The van der Waals surface area contributed by atoms with Crippen molar-refractivity contribution in [3.8, 4) is 0 Å². The van der Waals surface area contributed by atoms with Gasteiger partial charge < -0.3 is 20.1 Å². The van der Waals surface area contributed by atoms with E-state index in [0.29, 0.717) is 12.0 Å². The number of esters is 1. The molecule has 0 aliphatic carbocycles. The van der Waals surface area contributed by atoms with Crippen molar-refractivity contribution in [1.29, 1.82) is 0 Å². The van der Waals surface area contributed by atoms with E-state index in [1.807, 2.05) is 13.8 Å². The third-order valence-corrected chi connectivity index (χ3v) is 4.55. The van der Waals surface area contributed by atoms with E-state index in [1.54, 1.807) is 55.4 Å². The molecule has 2 amide bonds. The first-order valence-electron chi connectivity index (χ1n) is 10.7. The Hall–Kier alpha value is -1.76. The summed E-state index contributed by atoms with van der Waals surface area (Å²) < 4.78 is 10.8. The minimum atomic E-state index is -1.03. The Kier molecular flexibility index (Phi) is 11.1. The van der Waals surface area contributed by atoms with Crippen molar-refractivity contribution in [2.24, 2.45) is 11.8 Å². The molecule has 1 unspecified atom stereocenters. The molecule has 0 saturated carbocycles. The molecule has 8 heteroatoms. The highest BCUT2D eigenvalue weighted by Crippen LogP contribution is 2.22. The molecule has 4 atom stereocenters. The standard InChI is InChI=1S/C23H41ClN2O5/c1-13(2)12-17(20(28)30-22(6,7)8)25-19(27)18(15(4)14(3)16(5)24)26-21(29)31-23(9,10)11/h13,15-18H,3,12H2,1-2,4-11H3,(H,25,27)(H,26,29)/t15-,16?,17-,18-/m0/s1. The SMILES string of the molecule is C=C(C(C)Cl)[C@H](C)[C@H](NC(=O)OC(C)(C)C)C(=O)N[C@@H](CC(C)C)C(=O)OC(C)(C)C. The average Bonchev–Trinajstić information content (AvgIpc) is 2.53. The zero-order valence-corrected chi connectivity index (χ0v) is 21.5. The second-order valence-electron chi connectivity index (χ2n) is 10.3. The summed E-state index contributed by atoms with van der Waals surface area (Å²) in [5, 5.41) is 4.94. The van der Waals surface area contributed by atoms with Crippen LogP contribution in [0.2, 0.25) is 0 Å². The van der Waals surface area contributed by atoms with Crippen molar-refractivity contribution in [2.45, 2.75) is 104 Å². The fourth-order valence-corrected chi connectivity index (χ4v) is 2.95. The number of ether oxygens (including phenoxy) is 2. The summed E-state index contributed by atoms with van der Waals surface area (Å²) in [6.07, 6.45) is -0.353. The minimum absolute atomic E-state index is 0.130. The van der Waals surface area contributed by atoms with E-state index in [1.165, 1.54) is 0 Å². The van der Waals surface area contributed by atoms with Gasteiger partial charge in [-0.3, -0.25) is 4.79 Å². The van der Waals surface area contributed by atoms with Crippen molar-refractivity contribution in [3.05, 3.63) is 12.2 Å². The molecule has 0 bridgehead atoms. The molecule has 180 valence electrons. The van der Waals surface area contributed by atoms with E-state index in [0.717, 1.165) is 0 Å². The van der Waals surface area contributed by atoms with E-state index < -0.39 is 52.6 Å². The highest BCUT2D eigenvalue weighted by molar-refractivity contribution is 6.22. The number of carbonyl (C=O) groups excluding carboxylic acids is 3. The largest absolute Gasteiger partial charge is 0.458 e. The van der Waals surface area contributed by atoms with Gasteiger partial charge in [0.2, 0.25) is 5.91 Å². The van der Waals surface area contributed by atoms with Gasteiger partial charge in [0.1, 0.15) is 23.3 Å². The molecule has 7 nitrogen and oxygen atoms in total. The number of rotatable bonds is 9. The van der Waals surface area contributed by atoms with Gasteiger partial charge in [0.05, 0.1) is 5.38 Å². The predicted octanol–water partition coefficient (Wildman–Crippen LogP) is 4.57. The maximum absolute atomic E-state index is 13.2. The van der Waals surface area contributed by atoms with Crippen molar-refractivity contribution in [2.75, 3.05) is 0 Å². The zero-order valence-electron chi connectivity index (χ0n) is 20.7. The van der Waals surface area contributed by atoms with Gasteiger partial charge in [-0.05, 0) is 60.8 Å². The van der Waals surface area contributed by atoms with Gasteiger partial charge in [-0.1, -0.05) is 32.9 Å². The molecule has 0 aromatic rings. The smallest absolute Gasteiger partial charge is 0.408 e. The average molecular weight is 461 g/mol. The van der Waals surface area contributed by atoms with Crippen LogP contribution >= 0.6 is 11.6 Å². The number of nitrogens with one attached hydrogen (secondary N) is 2. The van der Waals surface area contributed by atoms with Gasteiger partial charge in [0, 0.05) is 5.92 Å². The van der Waals surface area contributed by atoms with Crippen LogP contribution in [0.3, 0.4) is 0 Å². The lowest BCUT2D eigenvalue weighted by Crippen LogP contribution is -2.56. The predicted molar refractivity (Wildman–Crippen MR) is 124 cm³/mol. The molecule has 0 radical (unpaired) electrons. The maximum atomic E-state index is 13.2. The first-order chi connectivity index (χ1) is 13.8. The Morgan fingerprint density at radius 1 is 0.903 bits per heavy atom. The highest BCUT2D eigenvalue weighted by Gasteiger charge is 2.35. The van der Waals surface area contributed by atoms with E-state index in [-0.39, 0.29) is 5.92 Å². The summed E-state index contributed by atoms with van der Waals surface area (Å²) in [7, 11) is 0. The molecule has 0 rings (SSSR count). The Labute approximate surface area is 192 Å². The molecular formula is C23H41ClN2O5. The first-order valence-corrected chi connectivity index (χ1v) is 11.1. The van der Waals surface area contributed by atoms with E-state index in [4.69, 9.17) is 21.1 Å². The summed E-state index contributed by atoms with van der Waals surface area (Å²) in [5.74, 6) is -1.43.